The van der Waals surface area contributed by atoms with E-state index in [2.05, 4.69) is 10.6 Å². The second kappa shape index (κ2) is 7.91. The lowest BCUT2D eigenvalue weighted by Gasteiger charge is -2.11. The summed E-state index contributed by atoms with van der Waals surface area (Å²) in [5.74, 6) is 0.944. The first-order valence-electron chi connectivity index (χ1n) is 8.64. The molecule has 0 aromatic heterocycles. The molecule has 0 radical (unpaired) electrons. The minimum Gasteiger partial charge on any atom is -0.454 e. The maximum Gasteiger partial charge on any atom is 0.251 e. The van der Waals surface area contributed by atoms with Crippen LogP contribution in [0.15, 0.2) is 42.5 Å². The van der Waals surface area contributed by atoms with Crippen molar-refractivity contribution in [1.29, 1.82) is 0 Å². The van der Waals surface area contributed by atoms with Crippen LogP contribution in [0.25, 0.3) is 0 Å². The fourth-order valence-electron chi connectivity index (χ4n) is 2.51. The molecule has 0 fully saturated rings. The maximum atomic E-state index is 12.3. The Morgan fingerprint density at radius 1 is 1.00 bits per heavy atom. The van der Waals surface area contributed by atoms with Crippen molar-refractivity contribution >= 4 is 11.8 Å². The first kappa shape index (κ1) is 17.8. The van der Waals surface area contributed by atoms with Gasteiger partial charge in [-0.2, -0.15) is 0 Å². The first-order chi connectivity index (χ1) is 12.6. The summed E-state index contributed by atoms with van der Waals surface area (Å²) < 4.78 is 10.5. The Morgan fingerprint density at radius 3 is 2.42 bits per heavy atom. The molecular formula is C20H22N2O4. The Hall–Kier alpha value is -3.02. The Balaban J connectivity index is 1.56. The summed E-state index contributed by atoms with van der Waals surface area (Å²) in [6, 6.07) is 12.4. The van der Waals surface area contributed by atoms with Gasteiger partial charge in [-0.3, -0.25) is 9.59 Å². The number of fused-ring (bicyclic) bond motifs is 1. The molecule has 1 aliphatic rings. The van der Waals surface area contributed by atoms with Crippen LogP contribution in [0.4, 0.5) is 0 Å². The van der Waals surface area contributed by atoms with Gasteiger partial charge in [-0.15, -0.1) is 0 Å². The van der Waals surface area contributed by atoms with Gasteiger partial charge in [-0.1, -0.05) is 19.1 Å². The summed E-state index contributed by atoms with van der Waals surface area (Å²) in [4.78, 5) is 24.3. The quantitative estimate of drug-likeness (QED) is 0.836. The van der Waals surface area contributed by atoms with Crippen molar-refractivity contribution in [3.05, 3.63) is 59.2 Å². The van der Waals surface area contributed by atoms with Crippen molar-refractivity contribution in [2.24, 2.45) is 0 Å². The largest absolute Gasteiger partial charge is 0.454 e. The molecule has 26 heavy (non-hydrogen) atoms. The van der Waals surface area contributed by atoms with Gasteiger partial charge < -0.3 is 20.1 Å². The van der Waals surface area contributed by atoms with Crippen molar-refractivity contribution in [3.8, 4) is 11.5 Å². The van der Waals surface area contributed by atoms with E-state index < -0.39 is 0 Å². The van der Waals surface area contributed by atoms with Gasteiger partial charge in [0.2, 0.25) is 6.79 Å². The summed E-state index contributed by atoms with van der Waals surface area (Å²) in [6.07, 6.45) is 0.885. The number of amides is 2. The number of carbonyl (C=O) groups excluding carboxylic acids is 2. The third-order valence-corrected chi connectivity index (χ3v) is 4.29. The molecule has 0 spiro atoms. The molecule has 2 amide bonds. The number of carbonyl (C=O) groups is 2. The predicted molar refractivity (Wildman–Crippen MR) is 97.4 cm³/mol. The summed E-state index contributed by atoms with van der Waals surface area (Å²) in [7, 11) is 0. The summed E-state index contributed by atoms with van der Waals surface area (Å²) in [5, 5.41) is 5.79. The van der Waals surface area contributed by atoms with Crippen LogP contribution >= 0.6 is 0 Å². The molecular weight excluding hydrogens is 332 g/mol. The molecule has 136 valence electrons. The minimum absolute atomic E-state index is 0.0877. The smallest absolute Gasteiger partial charge is 0.251 e. The molecule has 1 heterocycles. The highest BCUT2D eigenvalue weighted by molar-refractivity contribution is 5.95. The second-order valence-corrected chi connectivity index (χ2v) is 6.23. The summed E-state index contributed by atoms with van der Waals surface area (Å²) in [6.45, 7) is 4.55. The highest BCUT2D eigenvalue weighted by Crippen LogP contribution is 2.32. The van der Waals surface area contributed by atoms with Gasteiger partial charge in [0.05, 0.1) is 0 Å². The molecule has 0 aliphatic carbocycles. The van der Waals surface area contributed by atoms with Crippen molar-refractivity contribution < 1.29 is 19.1 Å². The van der Waals surface area contributed by atoms with E-state index in [1.807, 2.05) is 26.0 Å². The number of benzene rings is 2. The molecule has 0 bridgehead atoms. The van der Waals surface area contributed by atoms with E-state index in [4.69, 9.17) is 9.47 Å². The predicted octanol–water partition coefficient (Wildman–Crippen LogP) is 2.87. The van der Waals surface area contributed by atoms with E-state index in [9.17, 15) is 9.59 Å². The van der Waals surface area contributed by atoms with E-state index in [1.54, 1.807) is 30.3 Å². The van der Waals surface area contributed by atoms with E-state index in [0.717, 1.165) is 12.0 Å². The van der Waals surface area contributed by atoms with E-state index in [1.165, 1.54) is 0 Å². The summed E-state index contributed by atoms with van der Waals surface area (Å²) >= 11 is 0. The fraction of sp³-hybridized carbons (Fsp3) is 0.300. The molecule has 3 rings (SSSR count). The van der Waals surface area contributed by atoms with Gasteiger partial charge in [0.25, 0.3) is 11.8 Å². The maximum absolute atomic E-state index is 12.3. The Bertz CT molecular complexity index is 802. The third-order valence-electron chi connectivity index (χ3n) is 4.29. The van der Waals surface area contributed by atoms with Crippen LogP contribution in [0.5, 0.6) is 11.5 Å². The van der Waals surface area contributed by atoms with Crippen LogP contribution < -0.4 is 20.1 Å². The first-order valence-corrected chi connectivity index (χ1v) is 8.64. The molecule has 2 N–H and O–H groups in total. The Kier molecular flexibility index (Phi) is 5.41. The van der Waals surface area contributed by atoms with Crippen LogP contribution in [0.2, 0.25) is 0 Å². The summed E-state index contributed by atoms with van der Waals surface area (Å²) in [5.41, 5.74) is 2.04. The lowest BCUT2D eigenvalue weighted by atomic mass is 10.1. The van der Waals surface area contributed by atoms with Crippen molar-refractivity contribution in [2.75, 3.05) is 6.79 Å². The van der Waals surface area contributed by atoms with Gasteiger partial charge in [0.15, 0.2) is 11.5 Å². The molecule has 0 saturated carbocycles. The SMILES string of the molecule is CC[C@H](C)NC(=O)c1ccc(CNC(=O)c2ccc3c(c2)OCO3)cc1. The van der Waals surface area contributed by atoms with E-state index in [-0.39, 0.29) is 24.6 Å². The molecule has 1 atom stereocenters. The van der Waals surface area contributed by atoms with Gasteiger partial charge in [0.1, 0.15) is 0 Å². The second-order valence-electron chi connectivity index (χ2n) is 6.23. The average molecular weight is 354 g/mol. The highest BCUT2D eigenvalue weighted by atomic mass is 16.7. The van der Waals surface area contributed by atoms with Crippen LogP contribution in [0.1, 0.15) is 46.5 Å². The number of nitrogens with one attached hydrogen (secondary N) is 2. The van der Waals surface area contributed by atoms with Gasteiger partial charge in [-0.25, -0.2) is 0 Å². The van der Waals surface area contributed by atoms with Gasteiger partial charge in [0, 0.05) is 23.7 Å². The van der Waals surface area contributed by atoms with Crippen molar-refractivity contribution in [2.45, 2.75) is 32.9 Å². The van der Waals surface area contributed by atoms with Crippen LogP contribution in [0, 0.1) is 0 Å². The van der Waals surface area contributed by atoms with E-state index >= 15 is 0 Å². The standard InChI is InChI=1S/C20H22N2O4/c1-3-13(2)22-20(24)15-6-4-14(5-7-15)11-21-19(23)16-8-9-17-18(10-16)26-12-25-17/h4-10,13H,3,11-12H2,1-2H3,(H,21,23)(H,22,24)/t13-/m0/s1. The zero-order valence-corrected chi connectivity index (χ0v) is 14.9. The third kappa shape index (κ3) is 4.14. The molecule has 2 aromatic rings. The number of hydrogen-bond donors (Lipinski definition) is 2. The van der Waals surface area contributed by atoms with Crippen LogP contribution in [-0.2, 0) is 6.54 Å². The normalized spacial score (nSPS) is 13.2. The topological polar surface area (TPSA) is 76.7 Å². The number of ether oxygens (including phenoxy) is 2. The molecule has 1 aliphatic heterocycles. The fourth-order valence-corrected chi connectivity index (χ4v) is 2.51. The van der Waals surface area contributed by atoms with Gasteiger partial charge in [-0.05, 0) is 49.2 Å². The van der Waals surface area contributed by atoms with Crippen molar-refractivity contribution in [1.82, 2.24) is 10.6 Å². The Morgan fingerprint density at radius 2 is 1.69 bits per heavy atom. The number of rotatable bonds is 6. The lowest BCUT2D eigenvalue weighted by Crippen LogP contribution is -2.31. The van der Waals surface area contributed by atoms with Crippen LogP contribution in [-0.4, -0.2) is 24.6 Å². The average Bonchev–Trinajstić information content (AvgIpc) is 3.14. The zero-order valence-electron chi connectivity index (χ0n) is 14.9. The minimum atomic E-state index is -0.193. The van der Waals surface area contributed by atoms with E-state index in [0.29, 0.717) is 29.2 Å². The molecule has 6 heteroatoms. The van der Waals surface area contributed by atoms with Crippen LogP contribution in [0.3, 0.4) is 0 Å². The monoisotopic (exact) mass is 354 g/mol. The lowest BCUT2D eigenvalue weighted by molar-refractivity contribution is 0.0934. The molecule has 0 saturated heterocycles. The number of hydrogen-bond acceptors (Lipinski definition) is 4. The molecule has 6 nitrogen and oxygen atoms in total. The zero-order chi connectivity index (χ0) is 18.5. The Labute approximate surface area is 152 Å². The molecule has 0 unspecified atom stereocenters. The van der Waals surface area contributed by atoms with Crippen molar-refractivity contribution in [3.63, 3.8) is 0 Å². The highest BCUT2D eigenvalue weighted by Gasteiger charge is 2.16. The van der Waals surface area contributed by atoms with Gasteiger partial charge >= 0.3 is 0 Å². The molecule has 2 aromatic carbocycles.